The average Bonchev–Trinajstić information content (AvgIpc) is 2.82. The lowest BCUT2D eigenvalue weighted by Gasteiger charge is -2.22. The van der Waals surface area contributed by atoms with Crippen molar-refractivity contribution in [3.63, 3.8) is 0 Å². The predicted molar refractivity (Wildman–Crippen MR) is 78.5 cm³/mol. The van der Waals surface area contributed by atoms with Crippen LogP contribution in [0.1, 0.15) is 0 Å². The molecule has 1 aliphatic rings. The molecule has 118 valence electrons. The van der Waals surface area contributed by atoms with Crippen LogP contribution in [-0.2, 0) is 14.8 Å². The number of aliphatic carboxylic acids is 1. The van der Waals surface area contributed by atoms with Crippen molar-refractivity contribution in [2.45, 2.75) is 10.7 Å². The third-order valence-corrected chi connectivity index (χ3v) is 4.97. The molecule has 0 aromatic heterocycles. The van der Waals surface area contributed by atoms with Gasteiger partial charge in [-0.25, -0.2) is 13.2 Å². The minimum absolute atomic E-state index is 0.143. The first-order chi connectivity index (χ1) is 10.2. The lowest BCUT2D eigenvalue weighted by Crippen LogP contribution is -2.61. The van der Waals surface area contributed by atoms with Crippen molar-refractivity contribution >= 4 is 45.2 Å². The summed E-state index contributed by atoms with van der Waals surface area (Å²) in [6, 6.07) is 4.06. The van der Waals surface area contributed by atoms with Crippen molar-refractivity contribution in [3.8, 4) is 0 Å². The highest BCUT2D eigenvalue weighted by Gasteiger charge is 2.48. The highest BCUT2D eigenvalue weighted by Crippen LogP contribution is 2.30. The molecule has 0 bridgehead atoms. The summed E-state index contributed by atoms with van der Waals surface area (Å²) in [5, 5.41) is 18.0. The molecule has 0 aliphatic carbocycles. The van der Waals surface area contributed by atoms with Crippen LogP contribution in [0, 0.1) is 0 Å². The molecule has 1 aliphatic heterocycles. The van der Waals surface area contributed by atoms with Crippen LogP contribution in [0.4, 0.5) is 0 Å². The second-order valence-corrected chi connectivity index (χ2v) is 6.48. The van der Waals surface area contributed by atoms with Crippen LogP contribution >= 0.6 is 23.2 Å². The predicted octanol–water partition coefficient (Wildman–Crippen LogP) is 1.05. The Bertz CT molecular complexity index is 774. The SMILES string of the molecule is CN=C1N=NC(NS(=O)(=O)c2c(Cl)cccc2Cl)(C(=O)O)N1. The summed E-state index contributed by atoms with van der Waals surface area (Å²) in [6.07, 6.45) is 0. The number of carboxylic acid groups (broad SMARTS) is 1. The number of halogens is 2. The second-order valence-electron chi connectivity index (χ2n) is 4.04. The van der Waals surface area contributed by atoms with Crippen molar-refractivity contribution in [2.24, 2.45) is 15.2 Å². The number of nitrogens with one attached hydrogen (secondary N) is 2. The molecule has 3 N–H and O–H groups in total. The lowest BCUT2D eigenvalue weighted by atomic mass is 10.4. The zero-order chi connectivity index (χ0) is 16.5. The number of hydrogen-bond donors (Lipinski definition) is 3. The molecule has 1 aromatic rings. The third-order valence-electron chi connectivity index (χ3n) is 2.58. The van der Waals surface area contributed by atoms with Crippen molar-refractivity contribution in [3.05, 3.63) is 28.2 Å². The van der Waals surface area contributed by atoms with Gasteiger partial charge in [0, 0.05) is 7.05 Å². The van der Waals surface area contributed by atoms with Crippen LogP contribution in [0.15, 0.2) is 38.3 Å². The van der Waals surface area contributed by atoms with Gasteiger partial charge in [0.15, 0.2) is 0 Å². The molecule has 0 fully saturated rings. The largest absolute Gasteiger partial charge is 0.477 e. The molecule has 0 radical (unpaired) electrons. The van der Waals surface area contributed by atoms with E-state index in [0.717, 1.165) is 0 Å². The number of azo groups is 1. The van der Waals surface area contributed by atoms with Gasteiger partial charge in [0.1, 0.15) is 4.90 Å². The molecule has 12 heteroatoms. The number of benzene rings is 1. The van der Waals surface area contributed by atoms with Crippen LogP contribution in [0.2, 0.25) is 10.0 Å². The van der Waals surface area contributed by atoms with Crippen molar-refractivity contribution in [1.82, 2.24) is 10.0 Å². The molecular weight excluding hydrogens is 357 g/mol. The molecule has 1 unspecified atom stereocenters. The maximum absolute atomic E-state index is 12.4. The Morgan fingerprint density at radius 2 is 2.00 bits per heavy atom. The van der Waals surface area contributed by atoms with Crippen molar-refractivity contribution in [2.75, 3.05) is 7.05 Å². The fraction of sp³-hybridized carbons (Fsp3) is 0.200. The molecule has 1 aromatic carbocycles. The van der Waals surface area contributed by atoms with Crippen LogP contribution in [0.25, 0.3) is 0 Å². The molecule has 1 heterocycles. The Balaban J connectivity index is 2.48. The van der Waals surface area contributed by atoms with Gasteiger partial charge in [0.05, 0.1) is 10.0 Å². The van der Waals surface area contributed by atoms with E-state index in [1.165, 1.54) is 25.2 Å². The van der Waals surface area contributed by atoms with E-state index < -0.39 is 26.7 Å². The summed E-state index contributed by atoms with van der Waals surface area (Å²) in [5.74, 6) is -4.19. The van der Waals surface area contributed by atoms with E-state index in [9.17, 15) is 18.3 Å². The Morgan fingerprint density at radius 3 is 2.45 bits per heavy atom. The van der Waals surface area contributed by atoms with Crippen LogP contribution < -0.4 is 10.0 Å². The molecule has 0 saturated heterocycles. The molecule has 22 heavy (non-hydrogen) atoms. The summed E-state index contributed by atoms with van der Waals surface area (Å²) in [7, 11) is -3.07. The van der Waals surface area contributed by atoms with E-state index in [1.807, 2.05) is 4.72 Å². The summed E-state index contributed by atoms with van der Waals surface area (Å²) in [6.45, 7) is 0. The minimum Gasteiger partial charge on any atom is -0.477 e. The zero-order valence-corrected chi connectivity index (χ0v) is 13.2. The number of sulfonamides is 1. The number of nitrogens with zero attached hydrogens (tertiary/aromatic N) is 3. The summed E-state index contributed by atoms with van der Waals surface area (Å²) in [4.78, 5) is 14.5. The molecule has 9 nitrogen and oxygen atoms in total. The Morgan fingerprint density at radius 1 is 1.41 bits per heavy atom. The number of rotatable bonds is 4. The van der Waals surface area contributed by atoms with Gasteiger partial charge in [0.2, 0.25) is 16.0 Å². The molecule has 2 rings (SSSR count). The van der Waals surface area contributed by atoms with E-state index in [2.05, 4.69) is 20.5 Å². The minimum atomic E-state index is -4.41. The van der Waals surface area contributed by atoms with E-state index in [0.29, 0.717) is 0 Å². The number of guanidine groups is 1. The van der Waals surface area contributed by atoms with E-state index in [1.54, 1.807) is 0 Å². The van der Waals surface area contributed by atoms with Gasteiger partial charge in [0.25, 0.3) is 0 Å². The number of carboxylic acids is 1. The number of hydrogen-bond acceptors (Lipinski definition) is 5. The highest BCUT2D eigenvalue weighted by molar-refractivity contribution is 7.89. The first kappa shape index (κ1) is 16.6. The smallest absolute Gasteiger partial charge is 0.371 e. The topological polar surface area (TPSA) is 133 Å². The first-order valence-corrected chi connectivity index (χ1v) is 7.85. The van der Waals surface area contributed by atoms with Crippen molar-refractivity contribution in [1.29, 1.82) is 0 Å². The molecule has 0 spiro atoms. The Kier molecular flexibility index (Phi) is 4.38. The maximum Gasteiger partial charge on any atom is 0.371 e. The van der Waals surface area contributed by atoms with Gasteiger partial charge >= 0.3 is 11.8 Å². The summed E-state index contributed by atoms with van der Waals surface area (Å²) in [5.41, 5.74) is 0. The molecule has 1 atom stereocenters. The summed E-state index contributed by atoms with van der Waals surface area (Å²) >= 11 is 11.7. The van der Waals surface area contributed by atoms with Gasteiger partial charge in [-0.1, -0.05) is 29.3 Å². The third kappa shape index (κ3) is 2.90. The van der Waals surface area contributed by atoms with E-state index in [4.69, 9.17) is 23.2 Å². The zero-order valence-electron chi connectivity index (χ0n) is 10.9. The molecule has 0 saturated carbocycles. The maximum atomic E-state index is 12.4. The van der Waals surface area contributed by atoms with Gasteiger partial charge < -0.3 is 10.4 Å². The van der Waals surface area contributed by atoms with Gasteiger partial charge in [-0.15, -0.1) is 10.2 Å². The Hall–Kier alpha value is -1.75. The quantitative estimate of drug-likeness (QED) is 0.733. The normalized spacial score (nSPS) is 22.8. The summed E-state index contributed by atoms with van der Waals surface area (Å²) < 4.78 is 26.7. The monoisotopic (exact) mass is 365 g/mol. The fourth-order valence-corrected chi connectivity index (χ4v) is 3.93. The first-order valence-electron chi connectivity index (χ1n) is 5.61. The Labute approximate surface area is 135 Å². The second kappa shape index (κ2) is 5.80. The van der Waals surface area contributed by atoms with Crippen LogP contribution in [0.5, 0.6) is 0 Å². The fourth-order valence-electron chi connectivity index (χ4n) is 1.61. The highest BCUT2D eigenvalue weighted by atomic mass is 35.5. The van der Waals surface area contributed by atoms with Crippen molar-refractivity contribution < 1.29 is 18.3 Å². The number of carbonyl (C=O) groups is 1. The van der Waals surface area contributed by atoms with Crippen LogP contribution in [0.3, 0.4) is 0 Å². The number of aliphatic imine (C=N–C) groups is 1. The lowest BCUT2D eigenvalue weighted by molar-refractivity contribution is -0.144. The van der Waals surface area contributed by atoms with E-state index in [-0.39, 0.29) is 16.0 Å². The molecular formula is C10H9Cl2N5O4S. The van der Waals surface area contributed by atoms with Gasteiger partial charge in [-0.3, -0.25) is 4.99 Å². The van der Waals surface area contributed by atoms with E-state index >= 15 is 0 Å². The van der Waals surface area contributed by atoms with Crippen LogP contribution in [-0.4, -0.2) is 38.3 Å². The average molecular weight is 366 g/mol. The van der Waals surface area contributed by atoms with Gasteiger partial charge in [-0.2, -0.15) is 4.72 Å². The molecule has 0 amide bonds. The van der Waals surface area contributed by atoms with Gasteiger partial charge in [-0.05, 0) is 12.1 Å². The standard InChI is InChI=1S/C10H9Cl2N5O4S/c1-13-9-14-10(8(18)19,16-15-9)17-22(20,21)7-5(11)3-2-4-6(7)12/h2-4,17H,1H3,(H,13,14)(H,18,19).